The molecule has 4 aromatic rings. The molecule has 1 aromatic carbocycles. The summed E-state index contributed by atoms with van der Waals surface area (Å²) in [6, 6.07) is 13.0. The molecule has 4 heterocycles. The van der Waals surface area contributed by atoms with Crippen LogP contribution in [-0.4, -0.2) is 51.1 Å². The van der Waals surface area contributed by atoms with Gasteiger partial charge >= 0.3 is 5.97 Å². The van der Waals surface area contributed by atoms with E-state index in [-0.39, 0.29) is 6.42 Å². The number of nitrogens with one attached hydrogen (secondary N) is 1. The van der Waals surface area contributed by atoms with Crippen LogP contribution >= 0.6 is 0 Å². The maximum Gasteiger partial charge on any atom is 0.305 e. The third-order valence-electron chi connectivity index (χ3n) is 6.16. The van der Waals surface area contributed by atoms with Crippen molar-refractivity contribution in [3.05, 3.63) is 71.7 Å². The lowest BCUT2D eigenvalue weighted by atomic mass is 10.1. The SMILES string of the molecule is COc1ccc([C@H](CC(=O)O)n2ncc3cc(OCCc4ccc5c(n4)NCCC5)ccc32)cn1. The number of carboxylic acids is 1. The highest BCUT2D eigenvalue weighted by molar-refractivity contribution is 5.81. The van der Waals surface area contributed by atoms with Crippen molar-refractivity contribution in [2.75, 3.05) is 25.6 Å². The van der Waals surface area contributed by atoms with Crippen molar-refractivity contribution in [2.45, 2.75) is 31.7 Å². The van der Waals surface area contributed by atoms with Gasteiger partial charge in [-0.25, -0.2) is 9.97 Å². The average molecular weight is 474 g/mol. The van der Waals surface area contributed by atoms with Crippen LogP contribution in [0.1, 0.15) is 35.7 Å². The number of aliphatic carboxylic acids is 1. The van der Waals surface area contributed by atoms with E-state index in [0.717, 1.165) is 53.1 Å². The van der Waals surface area contributed by atoms with Gasteiger partial charge in [-0.15, -0.1) is 0 Å². The highest BCUT2D eigenvalue weighted by atomic mass is 16.5. The molecule has 1 aliphatic heterocycles. The monoisotopic (exact) mass is 473 g/mol. The molecule has 0 amide bonds. The maximum absolute atomic E-state index is 11.6. The largest absolute Gasteiger partial charge is 0.493 e. The molecular weight excluding hydrogens is 446 g/mol. The first kappa shape index (κ1) is 22.6. The van der Waals surface area contributed by atoms with Gasteiger partial charge in [-0.2, -0.15) is 5.10 Å². The summed E-state index contributed by atoms with van der Waals surface area (Å²) in [4.78, 5) is 20.5. The van der Waals surface area contributed by atoms with E-state index in [4.69, 9.17) is 14.5 Å². The van der Waals surface area contributed by atoms with E-state index < -0.39 is 12.0 Å². The number of pyridine rings is 2. The van der Waals surface area contributed by atoms with Gasteiger partial charge in [0.2, 0.25) is 5.88 Å². The van der Waals surface area contributed by atoms with Crippen LogP contribution in [0.25, 0.3) is 10.9 Å². The minimum absolute atomic E-state index is 0.119. The first-order valence-corrected chi connectivity index (χ1v) is 11.6. The summed E-state index contributed by atoms with van der Waals surface area (Å²) in [5, 5.41) is 18.2. The molecule has 0 radical (unpaired) electrons. The normalized spacial score (nSPS) is 13.6. The van der Waals surface area contributed by atoms with Crippen LogP contribution in [0.3, 0.4) is 0 Å². The molecule has 180 valence electrons. The minimum atomic E-state index is -0.916. The van der Waals surface area contributed by atoms with Gasteiger partial charge in [0.05, 0.1) is 37.9 Å². The van der Waals surface area contributed by atoms with Crippen LogP contribution in [-0.2, 0) is 17.6 Å². The van der Waals surface area contributed by atoms with Crippen molar-refractivity contribution in [1.29, 1.82) is 0 Å². The number of ether oxygens (including phenoxy) is 2. The smallest absolute Gasteiger partial charge is 0.305 e. The number of hydrogen-bond acceptors (Lipinski definition) is 7. The van der Waals surface area contributed by atoms with E-state index in [2.05, 4.69) is 27.5 Å². The van der Waals surface area contributed by atoms with Crippen LogP contribution < -0.4 is 14.8 Å². The lowest BCUT2D eigenvalue weighted by Gasteiger charge is -2.18. The Bertz CT molecular complexity index is 1340. The predicted molar refractivity (Wildman–Crippen MR) is 131 cm³/mol. The molecule has 1 aliphatic rings. The maximum atomic E-state index is 11.6. The Kier molecular flexibility index (Phi) is 6.47. The summed E-state index contributed by atoms with van der Waals surface area (Å²) < 4.78 is 12.8. The second kappa shape index (κ2) is 10.0. The van der Waals surface area contributed by atoms with Gasteiger partial charge in [0, 0.05) is 36.3 Å². The molecule has 2 N–H and O–H groups in total. The highest BCUT2D eigenvalue weighted by Crippen LogP contribution is 2.29. The number of aromatic nitrogens is 4. The molecule has 1 atom stereocenters. The zero-order valence-corrected chi connectivity index (χ0v) is 19.5. The Labute approximate surface area is 202 Å². The number of nitrogens with zero attached hydrogens (tertiary/aromatic N) is 4. The fraction of sp³-hybridized carbons (Fsp3) is 0.308. The van der Waals surface area contributed by atoms with E-state index in [1.54, 1.807) is 23.1 Å². The Morgan fingerprint density at radius 1 is 1.20 bits per heavy atom. The number of benzene rings is 1. The van der Waals surface area contributed by atoms with Crippen LogP contribution in [0.2, 0.25) is 0 Å². The Morgan fingerprint density at radius 2 is 2.11 bits per heavy atom. The fourth-order valence-corrected chi connectivity index (χ4v) is 4.37. The molecule has 0 spiro atoms. The van der Waals surface area contributed by atoms with Crippen LogP contribution in [0.15, 0.2) is 54.9 Å². The molecule has 0 bridgehead atoms. The standard InChI is InChI=1S/C26H27N5O4/c1-34-24-9-5-18(15-28-24)23(14-25(32)33)31-22-8-7-21(13-19(22)16-29-31)35-12-10-20-6-4-17-3-2-11-27-26(17)30-20/h4-9,13,15-16,23H,2-3,10-12,14H2,1H3,(H,27,30)(H,32,33)/t23-/m0/s1. The molecule has 0 unspecified atom stereocenters. The van der Waals surface area contributed by atoms with E-state index in [0.29, 0.717) is 18.9 Å². The summed E-state index contributed by atoms with van der Waals surface area (Å²) in [5.41, 5.74) is 3.83. The van der Waals surface area contributed by atoms with Gasteiger partial charge in [0.25, 0.3) is 0 Å². The van der Waals surface area contributed by atoms with Crippen LogP contribution in [0, 0.1) is 0 Å². The van der Waals surface area contributed by atoms with Crippen molar-refractivity contribution >= 4 is 22.7 Å². The molecule has 0 saturated carbocycles. The van der Waals surface area contributed by atoms with Crippen LogP contribution in [0.5, 0.6) is 11.6 Å². The lowest BCUT2D eigenvalue weighted by Crippen LogP contribution is -2.16. The van der Waals surface area contributed by atoms with Crippen molar-refractivity contribution < 1.29 is 19.4 Å². The molecule has 5 rings (SSSR count). The fourth-order valence-electron chi connectivity index (χ4n) is 4.37. The Balaban J connectivity index is 1.30. The van der Waals surface area contributed by atoms with Gasteiger partial charge in [-0.05, 0) is 54.3 Å². The summed E-state index contributed by atoms with van der Waals surface area (Å²) in [7, 11) is 1.54. The van der Waals surface area contributed by atoms with E-state index in [1.807, 2.05) is 24.3 Å². The van der Waals surface area contributed by atoms with Crippen molar-refractivity contribution in [2.24, 2.45) is 0 Å². The van der Waals surface area contributed by atoms with Gasteiger partial charge in [-0.1, -0.05) is 6.07 Å². The summed E-state index contributed by atoms with van der Waals surface area (Å²) in [5.74, 6) is 1.27. The summed E-state index contributed by atoms with van der Waals surface area (Å²) in [6.45, 7) is 1.47. The third-order valence-corrected chi connectivity index (χ3v) is 6.16. The predicted octanol–water partition coefficient (Wildman–Crippen LogP) is 3.88. The second-order valence-corrected chi connectivity index (χ2v) is 8.50. The molecule has 9 nitrogen and oxygen atoms in total. The number of anilines is 1. The molecule has 0 aliphatic carbocycles. The molecular formula is C26H27N5O4. The quantitative estimate of drug-likeness (QED) is 0.377. The van der Waals surface area contributed by atoms with Gasteiger partial charge in [0.1, 0.15) is 11.6 Å². The number of carboxylic acid groups (broad SMARTS) is 1. The molecule has 0 saturated heterocycles. The minimum Gasteiger partial charge on any atom is -0.493 e. The summed E-state index contributed by atoms with van der Waals surface area (Å²) in [6.07, 6.45) is 6.15. The molecule has 9 heteroatoms. The average Bonchev–Trinajstić information content (AvgIpc) is 3.30. The van der Waals surface area contributed by atoms with Gasteiger partial charge < -0.3 is 19.9 Å². The first-order valence-electron chi connectivity index (χ1n) is 11.6. The third kappa shape index (κ3) is 5.03. The van der Waals surface area contributed by atoms with Gasteiger partial charge in [-0.3, -0.25) is 9.48 Å². The number of carbonyl (C=O) groups is 1. The number of rotatable bonds is 9. The topological polar surface area (TPSA) is 111 Å². The van der Waals surface area contributed by atoms with Crippen molar-refractivity contribution in [1.82, 2.24) is 19.7 Å². The van der Waals surface area contributed by atoms with E-state index in [1.165, 1.54) is 12.7 Å². The van der Waals surface area contributed by atoms with Gasteiger partial charge in [0.15, 0.2) is 0 Å². The first-order chi connectivity index (χ1) is 17.1. The molecule has 35 heavy (non-hydrogen) atoms. The number of aryl methyl sites for hydroxylation is 1. The Morgan fingerprint density at radius 3 is 2.91 bits per heavy atom. The number of hydrogen-bond donors (Lipinski definition) is 2. The van der Waals surface area contributed by atoms with E-state index >= 15 is 0 Å². The number of fused-ring (bicyclic) bond motifs is 2. The van der Waals surface area contributed by atoms with Crippen LogP contribution in [0.4, 0.5) is 5.82 Å². The lowest BCUT2D eigenvalue weighted by molar-refractivity contribution is -0.137. The highest BCUT2D eigenvalue weighted by Gasteiger charge is 2.21. The number of methoxy groups -OCH3 is 1. The molecule has 0 fully saturated rings. The van der Waals surface area contributed by atoms with Crippen molar-refractivity contribution in [3.63, 3.8) is 0 Å². The Hall–Kier alpha value is -4.14. The summed E-state index contributed by atoms with van der Waals surface area (Å²) >= 11 is 0. The zero-order valence-electron chi connectivity index (χ0n) is 19.5. The molecule has 3 aromatic heterocycles. The van der Waals surface area contributed by atoms with Crippen molar-refractivity contribution in [3.8, 4) is 11.6 Å². The second-order valence-electron chi connectivity index (χ2n) is 8.50. The zero-order chi connectivity index (χ0) is 24.2. The van der Waals surface area contributed by atoms with E-state index in [9.17, 15) is 9.90 Å².